The molecule has 0 saturated carbocycles. The van der Waals surface area contributed by atoms with Crippen LogP contribution < -0.4 is 20.3 Å². The van der Waals surface area contributed by atoms with Crippen molar-refractivity contribution in [1.29, 1.82) is 0 Å². The van der Waals surface area contributed by atoms with Crippen molar-refractivity contribution in [2.24, 2.45) is 0 Å². The minimum absolute atomic E-state index is 0.0538. The van der Waals surface area contributed by atoms with Crippen molar-refractivity contribution >= 4 is 40.8 Å². The monoisotopic (exact) mass is 474 g/mol. The van der Waals surface area contributed by atoms with Gasteiger partial charge in [0.2, 0.25) is 17.8 Å². The number of aromatic nitrogens is 3. The average Bonchev–Trinajstić information content (AvgIpc) is 2.79. The van der Waals surface area contributed by atoms with Crippen LogP contribution in [0.25, 0.3) is 0 Å². The predicted octanol–water partition coefficient (Wildman–Crippen LogP) is 4.55. The molecule has 11 heteroatoms. The summed E-state index contributed by atoms with van der Waals surface area (Å²) >= 11 is 5.71. The fourth-order valence-corrected chi connectivity index (χ4v) is 3.57. The first-order valence-electron chi connectivity index (χ1n) is 10.3. The lowest BCUT2D eigenvalue weighted by Gasteiger charge is -2.32. The third kappa shape index (κ3) is 5.64. The topological polar surface area (TPSA) is 92.3 Å². The number of rotatable bonds is 6. The van der Waals surface area contributed by atoms with E-state index in [0.29, 0.717) is 37.6 Å². The molecule has 2 heterocycles. The molecule has 4 rings (SSSR count). The Morgan fingerprint density at radius 2 is 1.91 bits per heavy atom. The number of nitrogens with one attached hydrogen (secondary N) is 2. The number of hydrogen-bond donors (Lipinski definition) is 2. The van der Waals surface area contributed by atoms with Gasteiger partial charge in [0.05, 0.1) is 16.4 Å². The Labute approximate surface area is 194 Å². The highest BCUT2D eigenvalue weighted by atomic mass is 35.5. The number of halogens is 3. The summed E-state index contributed by atoms with van der Waals surface area (Å²) in [5.74, 6) is -0.453. The number of nitrogens with zero attached hydrogens (tertiary/aromatic N) is 4. The minimum atomic E-state index is -0.619. The van der Waals surface area contributed by atoms with Crippen LogP contribution in [0.1, 0.15) is 19.8 Å². The number of ether oxygens (including phenoxy) is 1. The predicted molar refractivity (Wildman–Crippen MR) is 121 cm³/mol. The van der Waals surface area contributed by atoms with Gasteiger partial charge in [-0.1, -0.05) is 17.7 Å². The van der Waals surface area contributed by atoms with Gasteiger partial charge >= 0.3 is 0 Å². The second-order valence-electron chi connectivity index (χ2n) is 7.46. The Balaban J connectivity index is 1.39. The van der Waals surface area contributed by atoms with Gasteiger partial charge in [-0.3, -0.25) is 4.79 Å². The van der Waals surface area contributed by atoms with Crippen molar-refractivity contribution < 1.29 is 18.3 Å². The largest absolute Gasteiger partial charge is 0.490 e. The minimum Gasteiger partial charge on any atom is -0.490 e. The fourth-order valence-electron chi connectivity index (χ4n) is 3.45. The van der Waals surface area contributed by atoms with Gasteiger partial charge in [0, 0.05) is 38.9 Å². The van der Waals surface area contributed by atoms with Crippen LogP contribution in [0.5, 0.6) is 5.75 Å². The lowest BCUT2D eigenvalue weighted by atomic mass is 10.1. The van der Waals surface area contributed by atoms with Gasteiger partial charge in [-0.15, -0.1) is 0 Å². The Kier molecular flexibility index (Phi) is 6.83. The van der Waals surface area contributed by atoms with Crippen molar-refractivity contribution in [3.05, 3.63) is 59.4 Å². The third-order valence-electron chi connectivity index (χ3n) is 5.03. The molecule has 1 saturated heterocycles. The summed E-state index contributed by atoms with van der Waals surface area (Å²) < 4.78 is 34.1. The normalized spacial score (nSPS) is 14.1. The molecular formula is C22H21ClF2N6O2. The van der Waals surface area contributed by atoms with Crippen LogP contribution in [0, 0.1) is 11.6 Å². The molecule has 172 valence electrons. The molecule has 1 aliphatic rings. The van der Waals surface area contributed by atoms with E-state index < -0.39 is 11.6 Å². The molecule has 3 aromatic rings. The van der Waals surface area contributed by atoms with Crippen LogP contribution in [0.2, 0.25) is 5.02 Å². The molecule has 0 unspecified atom stereocenters. The number of carbonyl (C=O) groups excluding carboxylic acids is 1. The van der Waals surface area contributed by atoms with Gasteiger partial charge in [-0.25, -0.2) is 18.7 Å². The molecule has 1 aliphatic heterocycles. The van der Waals surface area contributed by atoms with Crippen molar-refractivity contribution in [2.45, 2.75) is 25.9 Å². The van der Waals surface area contributed by atoms with E-state index in [2.05, 4.69) is 25.6 Å². The number of hydrogen-bond acceptors (Lipinski definition) is 7. The SMILES string of the molecule is CC(=O)Nc1cccc(Nc2ncnc(N3CCC(Oc4ccc(Cl)c(F)c4)CC3)n2)c1F. The first-order valence-corrected chi connectivity index (χ1v) is 10.7. The molecule has 1 amide bonds. The first kappa shape index (κ1) is 22.7. The van der Waals surface area contributed by atoms with Gasteiger partial charge in [0.1, 0.15) is 24.0 Å². The van der Waals surface area contributed by atoms with Gasteiger partial charge in [0.15, 0.2) is 5.82 Å². The zero-order valence-corrected chi connectivity index (χ0v) is 18.4. The summed E-state index contributed by atoms with van der Waals surface area (Å²) in [6, 6.07) is 8.98. The lowest BCUT2D eigenvalue weighted by Crippen LogP contribution is -2.39. The standard InChI is InChI=1S/C22H21ClF2N6O2/c1-13(32)28-18-3-2-4-19(20(18)25)29-21-26-12-27-22(30-21)31-9-7-14(8-10-31)33-15-5-6-16(23)17(24)11-15/h2-6,11-12,14H,7-10H2,1H3,(H,28,32)(H,26,27,29,30). The second kappa shape index (κ2) is 9.95. The Morgan fingerprint density at radius 3 is 2.64 bits per heavy atom. The number of anilines is 4. The van der Waals surface area contributed by atoms with Crippen LogP contribution in [0.4, 0.5) is 32.1 Å². The number of piperidine rings is 1. The van der Waals surface area contributed by atoms with Gasteiger partial charge in [0.25, 0.3) is 0 Å². The molecule has 2 aromatic carbocycles. The van der Waals surface area contributed by atoms with Crippen LogP contribution >= 0.6 is 11.6 Å². The zero-order chi connectivity index (χ0) is 23.4. The summed E-state index contributed by atoms with van der Waals surface area (Å²) in [4.78, 5) is 25.9. The molecule has 33 heavy (non-hydrogen) atoms. The number of amides is 1. The second-order valence-corrected chi connectivity index (χ2v) is 7.87. The molecule has 0 radical (unpaired) electrons. The average molecular weight is 475 g/mol. The van der Waals surface area contributed by atoms with Crippen molar-refractivity contribution in [2.75, 3.05) is 28.6 Å². The Morgan fingerprint density at radius 1 is 1.15 bits per heavy atom. The van der Waals surface area contributed by atoms with Gasteiger partial charge in [-0.05, 0) is 24.3 Å². The van der Waals surface area contributed by atoms with E-state index in [-0.39, 0.29) is 34.4 Å². The molecule has 2 N–H and O–H groups in total. The first-order chi connectivity index (χ1) is 15.9. The summed E-state index contributed by atoms with van der Waals surface area (Å²) in [6.45, 7) is 2.55. The van der Waals surface area contributed by atoms with Crippen molar-refractivity contribution in [3.8, 4) is 5.75 Å². The molecule has 0 atom stereocenters. The molecule has 0 bridgehead atoms. The maximum atomic E-state index is 14.6. The van der Waals surface area contributed by atoms with E-state index >= 15 is 0 Å². The van der Waals surface area contributed by atoms with Crippen LogP contribution in [0.15, 0.2) is 42.7 Å². The van der Waals surface area contributed by atoms with Crippen molar-refractivity contribution in [1.82, 2.24) is 15.0 Å². The molecule has 0 spiro atoms. The van der Waals surface area contributed by atoms with Gasteiger partial charge in [-0.2, -0.15) is 4.98 Å². The highest BCUT2D eigenvalue weighted by Crippen LogP contribution is 2.27. The quantitative estimate of drug-likeness (QED) is 0.541. The molecule has 8 nitrogen and oxygen atoms in total. The van der Waals surface area contributed by atoms with Crippen molar-refractivity contribution in [3.63, 3.8) is 0 Å². The van der Waals surface area contributed by atoms with Crippen LogP contribution in [-0.4, -0.2) is 40.1 Å². The molecule has 1 aromatic heterocycles. The number of benzene rings is 2. The highest BCUT2D eigenvalue weighted by molar-refractivity contribution is 6.30. The van der Waals surface area contributed by atoms with Crippen LogP contribution in [0.3, 0.4) is 0 Å². The van der Waals surface area contributed by atoms with Gasteiger partial charge < -0.3 is 20.3 Å². The Hall–Kier alpha value is -3.53. The molecule has 0 aliphatic carbocycles. The summed E-state index contributed by atoms with van der Waals surface area (Å²) in [5.41, 5.74) is 0.185. The molecular weight excluding hydrogens is 454 g/mol. The maximum Gasteiger partial charge on any atom is 0.232 e. The number of carbonyl (C=O) groups is 1. The Bertz CT molecular complexity index is 1160. The summed E-state index contributed by atoms with van der Waals surface area (Å²) in [6.07, 6.45) is 2.64. The van der Waals surface area contributed by atoms with E-state index in [1.807, 2.05) is 4.90 Å². The summed E-state index contributed by atoms with van der Waals surface area (Å²) in [5, 5.41) is 5.32. The molecule has 1 fully saturated rings. The van der Waals surface area contributed by atoms with Crippen LogP contribution in [-0.2, 0) is 4.79 Å². The third-order valence-corrected chi connectivity index (χ3v) is 5.34. The smallest absolute Gasteiger partial charge is 0.232 e. The van der Waals surface area contributed by atoms with E-state index in [0.717, 1.165) is 0 Å². The van der Waals surface area contributed by atoms with E-state index in [1.54, 1.807) is 12.1 Å². The van der Waals surface area contributed by atoms with E-state index in [1.165, 1.54) is 37.5 Å². The maximum absolute atomic E-state index is 14.6. The highest BCUT2D eigenvalue weighted by Gasteiger charge is 2.23. The van der Waals surface area contributed by atoms with E-state index in [4.69, 9.17) is 16.3 Å². The fraction of sp³-hybridized carbons (Fsp3) is 0.273. The lowest BCUT2D eigenvalue weighted by molar-refractivity contribution is -0.114. The zero-order valence-electron chi connectivity index (χ0n) is 17.7. The van der Waals surface area contributed by atoms with E-state index in [9.17, 15) is 13.6 Å². The summed E-state index contributed by atoms with van der Waals surface area (Å²) in [7, 11) is 0.